The monoisotopic (exact) mass is 210 g/mol. The maximum atomic E-state index is 12.3. The molecule has 1 fully saturated rings. The number of thioether (sulfide) groups is 1. The van der Waals surface area contributed by atoms with Crippen LogP contribution < -0.4 is 0 Å². The molecule has 2 unspecified atom stereocenters. The second kappa shape index (κ2) is 2.71. The first kappa shape index (κ1) is 10.0. The Bertz CT molecular complexity index is 175. The molecule has 0 N–H and O–H groups in total. The number of rotatable bonds is 0. The van der Waals surface area contributed by atoms with Gasteiger partial charge in [0.15, 0.2) is 5.50 Å². The molecule has 0 radical (unpaired) electrons. The lowest BCUT2D eigenvalue weighted by molar-refractivity contribution is -0.187. The first-order valence-corrected chi connectivity index (χ1v) is 3.87. The predicted molar refractivity (Wildman–Crippen MR) is 31.6 cm³/mol. The molecular formula is C5H4F6S. The number of hydrogen-bond donors (Lipinski definition) is 0. The molecule has 12 heavy (non-hydrogen) atoms. The normalized spacial score (nSPS) is 35.5. The molecule has 0 saturated carbocycles. The van der Waals surface area contributed by atoms with Gasteiger partial charge in [-0.1, -0.05) is 11.8 Å². The zero-order chi connectivity index (χ0) is 9.57. The molecule has 0 aliphatic carbocycles. The summed E-state index contributed by atoms with van der Waals surface area (Å²) in [6.07, 6.45) is -6.32. The first-order valence-electron chi connectivity index (χ1n) is 2.99. The van der Waals surface area contributed by atoms with Crippen molar-refractivity contribution in [2.75, 3.05) is 0 Å². The van der Waals surface area contributed by atoms with E-state index in [1.54, 1.807) is 0 Å². The zero-order valence-corrected chi connectivity index (χ0v) is 6.35. The van der Waals surface area contributed by atoms with Gasteiger partial charge in [0.1, 0.15) is 5.92 Å². The highest BCUT2D eigenvalue weighted by molar-refractivity contribution is 8.01. The Morgan fingerprint density at radius 3 is 1.92 bits per heavy atom. The molecule has 0 nitrogen and oxygen atoms in total. The second-order valence-electron chi connectivity index (χ2n) is 2.46. The Hall–Kier alpha value is -0.0700. The minimum atomic E-state index is -4.87. The lowest BCUT2D eigenvalue weighted by Crippen LogP contribution is -2.27. The Labute approximate surface area is 68.3 Å². The van der Waals surface area contributed by atoms with Crippen LogP contribution in [0.5, 0.6) is 0 Å². The summed E-state index contributed by atoms with van der Waals surface area (Å²) in [6.45, 7) is 0. The van der Waals surface area contributed by atoms with E-state index in [2.05, 4.69) is 0 Å². The molecule has 1 rings (SSSR count). The second-order valence-corrected chi connectivity index (χ2v) is 3.74. The third kappa shape index (κ3) is 1.99. The number of alkyl halides is 6. The molecule has 1 saturated heterocycles. The molecule has 1 aliphatic heterocycles. The van der Waals surface area contributed by atoms with E-state index < -0.39 is 41.0 Å². The van der Waals surface area contributed by atoms with Crippen LogP contribution in [0, 0.1) is 5.92 Å². The van der Waals surface area contributed by atoms with Gasteiger partial charge in [-0.2, -0.15) is 22.0 Å². The smallest absolute Gasteiger partial charge is 0.235 e. The summed E-state index contributed by atoms with van der Waals surface area (Å²) in [5.41, 5.74) is -2.54. The minimum absolute atomic E-state index is 0.562. The zero-order valence-electron chi connectivity index (χ0n) is 5.54. The maximum Gasteiger partial charge on any atom is 0.395 e. The van der Waals surface area contributed by atoms with Gasteiger partial charge in [0.25, 0.3) is 5.25 Å². The molecule has 1 aliphatic rings. The van der Waals surface area contributed by atoms with Crippen LogP contribution in [0.4, 0.5) is 26.3 Å². The van der Waals surface area contributed by atoms with E-state index in [0.717, 1.165) is 0 Å². The van der Waals surface area contributed by atoms with Gasteiger partial charge in [0, 0.05) is 6.42 Å². The van der Waals surface area contributed by atoms with Gasteiger partial charge in [-0.05, 0) is 0 Å². The van der Waals surface area contributed by atoms with E-state index in [-0.39, 0.29) is 0 Å². The van der Waals surface area contributed by atoms with Crippen LogP contribution in [0.15, 0.2) is 0 Å². The van der Waals surface area contributed by atoms with Crippen molar-refractivity contribution in [1.82, 2.24) is 0 Å². The SMILES string of the molecule is FC1SC(F)(F)CC1C(F)(F)F. The summed E-state index contributed by atoms with van der Waals surface area (Å²) in [5, 5.41) is -3.58. The Kier molecular flexibility index (Phi) is 2.26. The van der Waals surface area contributed by atoms with Crippen molar-refractivity contribution in [3.8, 4) is 0 Å². The van der Waals surface area contributed by atoms with Gasteiger partial charge in [-0.25, -0.2) is 4.39 Å². The van der Waals surface area contributed by atoms with Crippen LogP contribution in [-0.4, -0.2) is 16.9 Å². The van der Waals surface area contributed by atoms with Crippen LogP contribution in [0.2, 0.25) is 0 Å². The van der Waals surface area contributed by atoms with Gasteiger partial charge in [-0.15, -0.1) is 0 Å². The topological polar surface area (TPSA) is 0 Å². The van der Waals surface area contributed by atoms with E-state index in [1.807, 2.05) is 0 Å². The molecule has 1 heterocycles. The molecule has 0 spiro atoms. The average molecular weight is 210 g/mol. The molecule has 7 heteroatoms. The third-order valence-electron chi connectivity index (χ3n) is 1.48. The predicted octanol–water partition coefficient (Wildman–Crippen LogP) is 3.19. The lowest BCUT2D eigenvalue weighted by atomic mass is 10.1. The van der Waals surface area contributed by atoms with Crippen LogP contribution in [0.25, 0.3) is 0 Å². The highest BCUT2D eigenvalue weighted by Gasteiger charge is 2.58. The Balaban J connectivity index is 2.71. The molecular weight excluding hydrogens is 206 g/mol. The molecule has 0 aromatic rings. The van der Waals surface area contributed by atoms with Crippen LogP contribution in [0.1, 0.15) is 6.42 Å². The molecule has 0 aromatic carbocycles. The Morgan fingerprint density at radius 1 is 1.25 bits per heavy atom. The van der Waals surface area contributed by atoms with E-state index >= 15 is 0 Å². The summed E-state index contributed by atoms with van der Waals surface area (Å²) in [4.78, 5) is 0. The molecule has 72 valence electrons. The van der Waals surface area contributed by atoms with Crippen molar-refractivity contribution in [3.05, 3.63) is 0 Å². The number of hydrogen-bond acceptors (Lipinski definition) is 1. The minimum Gasteiger partial charge on any atom is -0.235 e. The molecule has 2 atom stereocenters. The van der Waals surface area contributed by atoms with E-state index in [9.17, 15) is 26.3 Å². The van der Waals surface area contributed by atoms with Crippen LogP contribution >= 0.6 is 11.8 Å². The highest BCUT2D eigenvalue weighted by Crippen LogP contribution is 2.54. The van der Waals surface area contributed by atoms with E-state index in [4.69, 9.17) is 0 Å². The van der Waals surface area contributed by atoms with Crippen LogP contribution in [-0.2, 0) is 0 Å². The molecule has 0 amide bonds. The third-order valence-corrected chi connectivity index (χ3v) is 2.54. The van der Waals surface area contributed by atoms with Crippen molar-refractivity contribution in [1.29, 1.82) is 0 Å². The van der Waals surface area contributed by atoms with Crippen molar-refractivity contribution >= 4 is 11.8 Å². The van der Waals surface area contributed by atoms with Crippen molar-refractivity contribution in [2.24, 2.45) is 5.92 Å². The number of halogens is 6. The fraction of sp³-hybridized carbons (Fsp3) is 1.00. The largest absolute Gasteiger partial charge is 0.395 e. The summed E-state index contributed by atoms with van der Waals surface area (Å²) in [6, 6.07) is 0. The van der Waals surface area contributed by atoms with Crippen molar-refractivity contribution in [3.63, 3.8) is 0 Å². The summed E-state index contributed by atoms with van der Waals surface area (Å²) >= 11 is -0.562. The summed E-state index contributed by atoms with van der Waals surface area (Å²) < 4.78 is 72.0. The van der Waals surface area contributed by atoms with E-state index in [1.165, 1.54) is 0 Å². The highest BCUT2D eigenvalue weighted by atomic mass is 32.2. The van der Waals surface area contributed by atoms with Gasteiger partial charge in [0.2, 0.25) is 0 Å². The van der Waals surface area contributed by atoms with Crippen molar-refractivity contribution < 1.29 is 26.3 Å². The van der Waals surface area contributed by atoms with Gasteiger partial charge < -0.3 is 0 Å². The molecule has 0 aromatic heterocycles. The quantitative estimate of drug-likeness (QED) is 0.553. The summed E-state index contributed by atoms with van der Waals surface area (Å²) in [5.74, 6) is -2.53. The summed E-state index contributed by atoms with van der Waals surface area (Å²) in [7, 11) is 0. The Morgan fingerprint density at radius 2 is 1.75 bits per heavy atom. The maximum absolute atomic E-state index is 12.3. The van der Waals surface area contributed by atoms with E-state index in [0.29, 0.717) is 0 Å². The lowest BCUT2D eigenvalue weighted by Gasteiger charge is -2.14. The fourth-order valence-corrected chi connectivity index (χ4v) is 1.93. The van der Waals surface area contributed by atoms with Gasteiger partial charge in [-0.3, -0.25) is 0 Å². The van der Waals surface area contributed by atoms with Crippen LogP contribution in [0.3, 0.4) is 0 Å². The van der Waals surface area contributed by atoms with Crippen molar-refractivity contribution in [2.45, 2.75) is 23.4 Å². The first-order chi connectivity index (χ1) is 5.22. The fourth-order valence-electron chi connectivity index (χ4n) is 0.908. The van der Waals surface area contributed by atoms with Gasteiger partial charge in [0.05, 0.1) is 0 Å². The standard InChI is InChI=1S/C5H4F6S/c6-3-2(5(9,10)11)1-4(7,8)12-3/h2-3H,1H2. The van der Waals surface area contributed by atoms with Gasteiger partial charge >= 0.3 is 6.18 Å². The molecule has 0 bridgehead atoms. The average Bonchev–Trinajstić information content (AvgIpc) is 2.03.